The molecule has 0 heterocycles. The van der Waals surface area contributed by atoms with Crippen molar-refractivity contribution in [3.8, 4) is 0 Å². The molecule has 0 aromatic heterocycles. The van der Waals surface area contributed by atoms with Crippen molar-refractivity contribution < 1.29 is 26.2 Å². The summed E-state index contributed by atoms with van der Waals surface area (Å²) in [7, 11) is 0.750. The van der Waals surface area contributed by atoms with Crippen LogP contribution >= 0.6 is 34.0 Å². The number of unbranched alkanes of at least 4 members (excludes halogenated alkanes) is 2. The van der Waals surface area contributed by atoms with Crippen LogP contribution in [-0.4, -0.2) is 9.52 Å². The molecule has 0 N–H and O–H groups in total. The average molecular weight is 583 g/mol. The van der Waals surface area contributed by atoms with Crippen molar-refractivity contribution in [1.29, 1.82) is 0 Å². The molecule has 26 heavy (non-hydrogen) atoms. The van der Waals surface area contributed by atoms with Crippen LogP contribution in [-0.2, 0) is 26.2 Å². The van der Waals surface area contributed by atoms with Crippen molar-refractivity contribution in [3.05, 3.63) is 46.6 Å². The van der Waals surface area contributed by atoms with Crippen LogP contribution in [0.4, 0.5) is 0 Å². The van der Waals surface area contributed by atoms with Gasteiger partial charge in [-0.3, -0.25) is 12.2 Å². The summed E-state index contributed by atoms with van der Waals surface area (Å²) in [6.07, 6.45) is 21.0. The summed E-state index contributed by atoms with van der Waals surface area (Å²) in [6.45, 7) is 13.2. The van der Waals surface area contributed by atoms with Gasteiger partial charge in [0.25, 0.3) is 0 Å². The van der Waals surface area contributed by atoms with Crippen molar-refractivity contribution >= 4 is 43.5 Å². The van der Waals surface area contributed by atoms with E-state index in [9.17, 15) is 0 Å². The fraction of sp³-hybridized carbons (Fsp3) is 0.636. The molecular weight excluding hydrogens is 543 g/mol. The Hall–Kier alpha value is 1.02. The van der Waals surface area contributed by atoms with Gasteiger partial charge in [-0.25, -0.2) is 22.3 Å². The summed E-state index contributed by atoms with van der Waals surface area (Å²) < 4.78 is 0. The second-order valence-corrected chi connectivity index (χ2v) is 7.43. The molecule has 149 valence electrons. The van der Waals surface area contributed by atoms with Crippen LogP contribution in [0, 0.1) is 12.2 Å². The van der Waals surface area contributed by atoms with Gasteiger partial charge in [0.1, 0.15) is 0 Å². The van der Waals surface area contributed by atoms with Crippen LogP contribution in [0.25, 0.3) is 0 Å². The molecule has 0 amide bonds. The smallest absolute Gasteiger partial charge is 0.269 e. The van der Waals surface area contributed by atoms with E-state index in [1.807, 2.05) is 0 Å². The van der Waals surface area contributed by atoms with E-state index in [0.29, 0.717) is 0 Å². The topological polar surface area (TPSA) is 0 Å². The van der Waals surface area contributed by atoms with Gasteiger partial charge in [-0.2, -0.15) is 12.2 Å². The van der Waals surface area contributed by atoms with Crippen LogP contribution < -0.4 is 0 Å². The normalized spacial score (nSPS) is 13.8. The Morgan fingerprint density at radius 2 is 1.12 bits per heavy atom. The van der Waals surface area contributed by atoms with Crippen LogP contribution in [0.2, 0.25) is 13.1 Å². The Kier molecular flexibility index (Phi) is 31.9. The van der Waals surface area contributed by atoms with Gasteiger partial charge in [0.15, 0.2) is 0 Å². The number of halogens is 2. The predicted molar refractivity (Wildman–Crippen MR) is 129 cm³/mol. The van der Waals surface area contributed by atoms with Gasteiger partial charge < -0.3 is 0 Å². The summed E-state index contributed by atoms with van der Waals surface area (Å²) in [4.78, 5) is 0. The minimum atomic E-state index is 0. The molecule has 2 rings (SSSR count). The maximum absolute atomic E-state index is 3.37. The zero-order valence-electron chi connectivity index (χ0n) is 17.7. The van der Waals surface area contributed by atoms with Gasteiger partial charge in [0.05, 0.1) is 0 Å². The molecule has 4 heteroatoms. The van der Waals surface area contributed by atoms with E-state index in [1.54, 1.807) is 0 Å². The van der Waals surface area contributed by atoms with Gasteiger partial charge in [0.2, 0.25) is 0 Å². The minimum Gasteiger partial charge on any atom is -0.269 e. The first-order valence-electron chi connectivity index (χ1n) is 9.38. The monoisotopic (exact) mass is 579 g/mol. The average Bonchev–Trinajstić information content (AvgIpc) is 3.13. The molecule has 2 aliphatic rings. The standard InChI is InChI=1S/2C10H15.C2H7Si.2BrH.Zr/c2*1-3-4-7-10-8-5-6-9(10)2;1-3-2;;;/h2*6H,3-5,7H2,1-2H3;3H,1-2H3;2*1H;/q2*-1;;;;+2. The molecule has 0 aromatic rings. The van der Waals surface area contributed by atoms with Gasteiger partial charge in [0, 0.05) is 9.52 Å². The number of allylic oxidation sites excluding steroid dienone is 8. The Labute approximate surface area is 206 Å². The fourth-order valence-electron chi connectivity index (χ4n) is 2.46. The quantitative estimate of drug-likeness (QED) is 0.219. The predicted octanol–water partition coefficient (Wildman–Crippen LogP) is 8.18. The first-order chi connectivity index (χ1) is 11.1. The van der Waals surface area contributed by atoms with E-state index in [1.165, 1.54) is 60.8 Å². The minimum absolute atomic E-state index is 0. The second-order valence-electron chi connectivity index (χ2n) is 6.28. The van der Waals surface area contributed by atoms with Crippen LogP contribution in [0.1, 0.15) is 79.1 Å². The van der Waals surface area contributed by atoms with Crippen molar-refractivity contribution in [2.45, 2.75) is 92.2 Å². The molecule has 0 aliphatic heterocycles. The van der Waals surface area contributed by atoms with E-state index < -0.39 is 0 Å². The molecule has 2 aliphatic carbocycles. The van der Waals surface area contributed by atoms with Crippen LogP contribution in [0.3, 0.4) is 0 Å². The molecule has 0 unspecified atom stereocenters. The Morgan fingerprint density at radius 1 is 0.808 bits per heavy atom. The van der Waals surface area contributed by atoms with Crippen molar-refractivity contribution in [1.82, 2.24) is 0 Å². The van der Waals surface area contributed by atoms with Gasteiger partial charge in [-0.15, -0.1) is 60.7 Å². The third-order valence-corrected chi connectivity index (χ3v) is 3.96. The molecule has 0 saturated heterocycles. The summed E-state index contributed by atoms with van der Waals surface area (Å²) in [6, 6.07) is 0. The molecule has 0 nitrogen and oxygen atoms in total. The Morgan fingerprint density at radius 3 is 1.31 bits per heavy atom. The molecule has 0 aromatic carbocycles. The molecule has 0 bridgehead atoms. The van der Waals surface area contributed by atoms with E-state index in [2.05, 4.69) is 65.1 Å². The zero-order valence-corrected chi connectivity index (χ0v) is 24.7. The van der Waals surface area contributed by atoms with Crippen molar-refractivity contribution in [3.63, 3.8) is 0 Å². The maximum atomic E-state index is 3.37. The van der Waals surface area contributed by atoms with Crippen LogP contribution in [0.15, 0.2) is 34.4 Å². The van der Waals surface area contributed by atoms with Crippen molar-refractivity contribution in [2.75, 3.05) is 0 Å². The number of hydrogen-bond donors (Lipinski definition) is 0. The van der Waals surface area contributed by atoms with E-state index >= 15 is 0 Å². The summed E-state index contributed by atoms with van der Waals surface area (Å²) >= 11 is 0. The van der Waals surface area contributed by atoms with E-state index in [0.717, 1.165) is 22.4 Å². The Balaban J connectivity index is -0.000000147. The third kappa shape index (κ3) is 17.1. The number of rotatable bonds is 6. The summed E-state index contributed by atoms with van der Waals surface area (Å²) in [5.74, 6) is 0. The fourth-order valence-corrected chi connectivity index (χ4v) is 2.46. The molecule has 0 atom stereocenters. The van der Waals surface area contributed by atoms with E-state index in [4.69, 9.17) is 0 Å². The van der Waals surface area contributed by atoms with Crippen molar-refractivity contribution in [2.24, 2.45) is 0 Å². The first-order valence-corrected chi connectivity index (χ1v) is 11.7. The molecule has 1 radical (unpaired) electrons. The maximum Gasteiger partial charge on any atom is 2.00 e. The zero-order chi connectivity index (χ0) is 17.5. The van der Waals surface area contributed by atoms with Gasteiger partial charge >= 0.3 is 26.2 Å². The second kappa shape index (κ2) is 24.1. The molecular formula is C22H39Br2SiZr. The SMILES string of the molecule is Br.Br.CCCCC1=[C-]CC=C1C.CCCCC1=[C-]CC=C1C.C[SiH]C.[Zr+2]. The van der Waals surface area contributed by atoms with Gasteiger partial charge in [-0.05, 0) is 0 Å². The number of hydrogen-bond acceptors (Lipinski definition) is 0. The molecule has 0 fully saturated rings. The largest absolute Gasteiger partial charge is 2.00 e. The molecule has 0 spiro atoms. The van der Waals surface area contributed by atoms with Crippen LogP contribution in [0.5, 0.6) is 0 Å². The third-order valence-electron chi connectivity index (χ3n) is 3.96. The molecule has 0 saturated carbocycles. The van der Waals surface area contributed by atoms with E-state index in [-0.39, 0.29) is 60.2 Å². The first kappa shape index (κ1) is 34.5. The van der Waals surface area contributed by atoms with Gasteiger partial charge in [-0.1, -0.05) is 65.5 Å². The summed E-state index contributed by atoms with van der Waals surface area (Å²) in [5, 5.41) is 0. The summed E-state index contributed by atoms with van der Waals surface area (Å²) in [5.41, 5.74) is 5.82. The Bertz CT molecular complexity index is 397.